The number of benzene rings is 1. The number of nitrogens with one attached hydrogen (secondary N) is 1. The first kappa shape index (κ1) is 22.1. The Labute approximate surface area is 194 Å². The SMILES string of the molecule is O=C(CC12CC3CC(CC(C3)C1)C2)NCC(=O)N1CCN(Cc2cc(Cl)ccc2F)CC1. The van der Waals surface area contributed by atoms with Crippen molar-refractivity contribution in [2.24, 2.45) is 23.2 Å². The first-order chi connectivity index (χ1) is 15.4. The molecule has 4 aliphatic carbocycles. The van der Waals surface area contributed by atoms with Crippen molar-refractivity contribution in [1.82, 2.24) is 15.1 Å². The number of hydrogen-bond donors (Lipinski definition) is 1. The molecule has 1 N–H and O–H groups in total. The van der Waals surface area contributed by atoms with Crippen LogP contribution in [0.1, 0.15) is 50.5 Å². The third-order valence-corrected chi connectivity index (χ3v) is 8.50. The number of amides is 2. The van der Waals surface area contributed by atoms with Crippen LogP contribution in [0.5, 0.6) is 0 Å². The normalized spacial score (nSPS) is 31.7. The summed E-state index contributed by atoms with van der Waals surface area (Å²) in [7, 11) is 0. The van der Waals surface area contributed by atoms with E-state index in [1.807, 2.05) is 0 Å². The first-order valence-electron chi connectivity index (χ1n) is 12.1. The molecule has 0 unspecified atom stereocenters. The van der Waals surface area contributed by atoms with Crippen LogP contribution in [-0.2, 0) is 16.1 Å². The van der Waals surface area contributed by atoms with E-state index in [0.717, 1.165) is 17.8 Å². The van der Waals surface area contributed by atoms with Gasteiger partial charge in [0.25, 0.3) is 0 Å². The van der Waals surface area contributed by atoms with Gasteiger partial charge in [-0.3, -0.25) is 14.5 Å². The van der Waals surface area contributed by atoms with Crippen molar-refractivity contribution in [1.29, 1.82) is 0 Å². The summed E-state index contributed by atoms with van der Waals surface area (Å²) in [6, 6.07) is 4.60. The van der Waals surface area contributed by atoms with Gasteiger partial charge in [0.15, 0.2) is 0 Å². The monoisotopic (exact) mass is 461 g/mol. The predicted octanol–water partition coefficient (Wildman–Crippen LogP) is 3.85. The van der Waals surface area contributed by atoms with Crippen molar-refractivity contribution >= 4 is 23.4 Å². The molecule has 1 saturated heterocycles. The molecule has 1 heterocycles. The lowest BCUT2D eigenvalue weighted by atomic mass is 9.49. The highest BCUT2D eigenvalue weighted by Gasteiger charge is 2.51. The van der Waals surface area contributed by atoms with Crippen molar-refractivity contribution in [2.75, 3.05) is 32.7 Å². The summed E-state index contributed by atoms with van der Waals surface area (Å²) in [5, 5.41) is 3.44. The van der Waals surface area contributed by atoms with Gasteiger partial charge >= 0.3 is 0 Å². The molecule has 32 heavy (non-hydrogen) atoms. The van der Waals surface area contributed by atoms with Crippen molar-refractivity contribution in [3.8, 4) is 0 Å². The lowest BCUT2D eigenvalue weighted by Gasteiger charge is -2.56. The third kappa shape index (κ3) is 4.81. The minimum atomic E-state index is -0.255. The lowest BCUT2D eigenvalue weighted by Crippen LogP contribution is -2.51. The summed E-state index contributed by atoms with van der Waals surface area (Å²) in [6.45, 7) is 3.10. The molecule has 2 amide bonds. The van der Waals surface area contributed by atoms with Crippen LogP contribution in [-0.4, -0.2) is 54.3 Å². The predicted molar refractivity (Wildman–Crippen MR) is 121 cm³/mol. The summed E-state index contributed by atoms with van der Waals surface area (Å²) in [4.78, 5) is 29.3. The molecule has 174 valence electrons. The van der Waals surface area contributed by atoms with Crippen LogP contribution in [0.4, 0.5) is 4.39 Å². The molecule has 0 atom stereocenters. The number of nitrogens with zero attached hydrogens (tertiary/aromatic N) is 2. The minimum absolute atomic E-state index is 0.0301. The molecular weight excluding hydrogens is 429 g/mol. The van der Waals surface area contributed by atoms with Crippen molar-refractivity contribution in [3.05, 3.63) is 34.6 Å². The zero-order valence-corrected chi connectivity index (χ0v) is 19.4. The molecule has 4 saturated carbocycles. The fourth-order valence-corrected chi connectivity index (χ4v) is 7.45. The molecule has 0 spiro atoms. The number of piperazine rings is 1. The van der Waals surface area contributed by atoms with E-state index < -0.39 is 0 Å². The van der Waals surface area contributed by atoms with E-state index >= 15 is 0 Å². The van der Waals surface area contributed by atoms with Crippen LogP contribution in [0.25, 0.3) is 0 Å². The van der Waals surface area contributed by atoms with Crippen LogP contribution < -0.4 is 5.32 Å². The number of carbonyl (C=O) groups is 2. The molecule has 4 bridgehead atoms. The maximum atomic E-state index is 14.0. The lowest BCUT2D eigenvalue weighted by molar-refractivity contribution is -0.136. The molecule has 5 aliphatic rings. The molecule has 1 aliphatic heterocycles. The smallest absolute Gasteiger partial charge is 0.242 e. The Hall–Kier alpha value is -1.66. The number of rotatable bonds is 6. The molecular formula is C25H33ClFN3O2. The second-order valence-electron chi connectivity index (χ2n) is 10.8. The van der Waals surface area contributed by atoms with Gasteiger partial charge in [-0.2, -0.15) is 0 Å². The van der Waals surface area contributed by atoms with E-state index in [1.165, 1.54) is 44.6 Å². The minimum Gasteiger partial charge on any atom is -0.347 e. The molecule has 5 fully saturated rings. The quantitative estimate of drug-likeness (QED) is 0.700. The number of carbonyl (C=O) groups excluding carboxylic acids is 2. The average molecular weight is 462 g/mol. The number of halogens is 2. The van der Waals surface area contributed by atoms with Gasteiger partial charge in [-0.05, 0) is 79.9 Å². The highest BCUT2D eigenvalue weighted by atomic mass is 35.5. The zero-order valence-electron chi connectivity index (χ0n) is 18.6. The van der Waals surface area contributed by atoms with Gasteiger partial charge in [-0.25, -0.2) is 4.39 Å². The van der Waals surface area contributed by atoms with E-state index in [9.17, 15) is 14.0 Å². The van der Waals surface area contributed by atoms with Gasteiger partial charge in [-0.15, -0.1) is 0 Å². The van der Waals surface area contributed by atoms with E-state index in [1.54, 1.807) is 17.0 Å². The van der Waals surface area contributed by atoms with E-state index in [2.05, 4.69) is 10.2 Å². The second-order valence-corrected chi connectivity index (χ2v) is 11.2. The molecule has 0 radical (unpaired) electrons. The van der Waals surface area contributed by atoms with Crippen LogP contribution in [0.2, 0.25) is 5.02 Å². The van der Waals surface area contributed by atoms with Crippen LogP contribution in [0.3, 0.4) is 0 Å². The maximum Gasteiger partial charge on any atom is 0.242 e. The molecule has 5 nitrogen and oxygen atoms in total. The van der Waals surface area contributed by atoms with Crippen LogP contribution in [0.15, 0.2) is 18.2 Å². The molecule has 0 aromatic heterocycles. The standard InChI is InChI=1S/C25H33ClFN3O2/c26-21-1-2-22(27)20(10-21)16-29-3-5-30(6-4-29)24(32)15-28-23(31)14-25-11-17-7-18(12-25)9-19(8-17)13-25/h1-2,10,17-19H,3-9,11-16H2,(H,28,31). The Bertz CT molecular complexity index is 849. The summed E-state index contributed by atoms with van der Waals surface area (Å²) < 4.78 is 14.0. The van der Waals surface area contributed by atoms with Crippen LogP contribution >= 0.6 is 11.6 Å². The van der Waals surface area contributed by atoms with Gasteiger partial charge in [0.05, 0.1) is 6.54 Å². The van der Waals surface area contributed by atoms with Crippen molar-refractivity contribution < 1.29 is 14.0 Å². The van der Waals surface area contributed by atoms with E-state index in [4.69, 9.17) is 11.6 Å². The molecule has 6 rings (SSSR count). The van der Waals surface area contributed by atoms with Crippen LogP contribution in [0, 0.1) is 29.0 Å². The molecule has 7 heteroatoms. The van der Waals surface area contributed by atoms with E-state index in [-0.39, 0.29) is 29.6 Å². The summed E-state index contributed by atoms with van der Waals surface area (Å²) in [6.07, 6.45) is 8.31. The van der Waals surface area contributed by atoms with Crippen molar-refractivity contribution in [2.45, 2.75) is 51.5 Å². The second kappa shape index (κ2) is 8.94. The van der Waals surface area contributed by atoms with Gasteiger partial charge in [-0.1, -0.05) is 11.6 Å². The highest BCUT2D eigenvalue weighted by Crippen LogP contribution is 2.61. The van der Waals surface area contributed by atoms with Gasteiger partial charge in [0.2, 0.25) is 11.8 Å². The first-order valence-corrected chi connectivity index (χ1v) is 12.5. The Morgan fingerprint density at radius 3 is 2.28 bits per heavy atom. The maximum absolute atomic E-state index is 14.0. The fraction of sp³-hybridized carbons (Fsp3) is 0.680. The van der Waals surface area contributed by atoms with E-state index in [0.29, 0.717) is 49.7 Å². The number of hydrogen-bond acceptors (Lipinski definition) is 3. The fourth-order valence-electron chi connectivity index (χ4n) is 7.26. The zero-order chi connectivity index (χ0) is 22.3. The summed E-state index contributed by atoms with van der Waals surface area (Å²) in [5.41, 5.74) is 0.776. The molecule has 1 aromatic carbocycles. The Kier molecular flexibility index (Phi) is 6.19. The van der Waals surface area contributed by atoms with Crippen molar-refractivity contribution in [3.63, 3.8) is 0 Å². The Morgan fingerprint density at radius 2 is 1.66 bits per heavy atom. The highest BCUT2D eigenvalue weighted by molar-refractivity contribution is 6.30. The average Bonchev–Trinajstić information content (AvgIpc) is 2.74. The third-order valence-electron chi connectivity index (χ3n) is 8.26. The Balaban J connectivity index is 1.06. The summed E-state index contributed by atoms with van der Waals surface area (Å²) in [5.74, 6) is 2.23. The largest absolute Gasteiger partial charge is 0.347 e. The van der Waals surface area contributed by atoms with Gasteiger partial charge in [0, 0.05) is 49.7 Å². The topological polar surface area (TPSA) is 52.7 Å². The molecule has 1 aromatic rings. The van der Waals surface area contributed by atoms with Gasteiger partial charge in [0.1, 0.15) is 5.82 Å². The van der Waals surface area contributed by atoms with Gasteiger partial charge < -0.3 is 10.2 Å². The Morgan fingerprint density at radius 1 is 1.03 bits per heavy atom. The summed E-state index contributed by atoms with van der Waals surface area (Å²) >= 11 is 5.99.